The molecule has 0 saturated heterocycles. The fourth-order valence-corrected chi connectivity index (χ4v) is 1.54. The lowest BCUT2D eigenvalue weighted by molar-refractivity contribution is 0.377. The Bertz CT molecular complexity index is 723. The van der Waals surface area contributed by atoms with E-state index in [1.54, 1.807) is 30.3 Å². The van der Waals surface area contributed by atoms with Gasteiger partial charge in [-0.1, -0.05) is 30.0 Å². The molecule has 0 saturated carbocycles. The van der Waals surface area contributed by atoms with Crippen LogP contribution in [0.15, 0.2) is 36.4 Å². The molecule has 0 N–H and O–H groups in total. The molecule has 0 nitrogen and oxygen atoms in total. The Morgan fingerprint density at radius 3 is 1.81 bits per heavy atom. The monoisotopic (exact) mass is 294 g/mol. The Morgan fingerprint density at radius 1 is 0.714 bits per heavy atom. The van der Waals surface area contributed by atoms with Crippen molar-refractivity contribution in [1.82, 2.24) is 0 Å². The highest BCUT2D eigenvalue weighted by atomic mass is 19.2. The molecule has 0 unspecified atom stereocenters. The minimum Gasteiger partial charge on any atom is -0.203 e. The predicted octanol–water partition coefficient (Wildman–Crippen LogP) is 4.45. The summed E-state index contributed by atoms with van der Waals surface area (Å²) in [6.07, 6.45) is 1.76. The van der Waals surface area contributed by atoms with Gasteiger partial charge in [0.1, 0.15) is 0 Å². The quantitative estimate of drug-likeness (QED) is 0.315. The number of benzene rings is 2. The van der Waals surface area contributed by atoms with Gasteiger partial charge in [0.05, 0.1) is 5.56 Å². The van der Waals surface area contributed by atoms with Crippen LogP contribution in [0.4, 0.5) is 22.0 Å². The van der Waals surface area contributed by atoms with Gasteiger partial charge in [-0.05, 0) is 24.3 Å². The lowest BCUT2D eigenvalue weighted by atomic mass is 10.1. The first-order valence-corrected chi connectivity index (χ1v) is 5.77. The van der Waals surface area contributed by atoms with Crippen molar-refractivity contribution in [3.05, 3.63) is 76.6 Å². The Labute approximate surface area is 117 Å². The van der Waals surface area contributed by atoms with E-state index in [1.165, 1.54) is 0 Å². The maximum atomic E-state index is 13.3. The van der Waals surface area contributed by atoms with Crippen LogP contribution in [0.25, 0.3) is 6.08 Å². The molecule has 0 heterocycles. The van der Waals surface area contributed by atoms with Crippen LogP contribution in [0.2, 0.25) is 0 Å². The zero-order valence-electron chi connectivity index (χ0n) is 10.4. The molecule has 0 amide bonds. The van der Waals surface area contributed by atoms with Crippen molar-refractivity contribution >= 4 is 6.08 Å². The third-order valence-corrected chi connectivity index (χ3v) is 2.57. The zero-order chi connectivity index (χ0) is 15.4. The smallest absolute Gasteiger partial charge is 0.200 e. The van der Waals surface area contributed by atoms with Crippen LogP contribution < -0.4 is 0 Å². The first-order chi connectivity index (χ1) is 10.0. The number of hydrogen-bond donors (Lipinski definition) is 0. The summed E-state index contributed by atoms with van der Waals surface area (Å²) in [5.41, 5.74) is -0.367. The summed E-state index contributed by atoms with van der Waals surface area (Å²) < 4.78 is 65.4. The van der Waals surface area contributed by atoms with Gasteiger partial charge in [0, 0.05) is 5.56 Å². The minimum absolute atomic E-state index is 0.652. The molecule has 0 fully saturated rings. The SMILES string of the molecule is Fc1c(F)c(F)c(/C=C/C#Cc2ccccc2)c(F)c1F. The van der Waals surface area contributed by atoms with Crippen molar-refractivity contribution < 1.29 is 22.0 Å². The van der Waals surface area contributed by atoms with Crippen molar-refractivity contribution in [2.45, 2.75) is 0 Å². The van der Waals surface area contributed by atoms with Crippen LogP contribution in [0.1, 0.15) is 11.1 Å². The van der Waals surface area contributed by atoms with Crippen molar-refractivity contribution in [3.63, 3.8) is 0 Å². The molecule has 5 heteroatoms. The number of hydrogen-bond acceptors (Lipinski definition) is 0. The largest absolute Gasteiger partial charge is 0.203 e. The van der Waals surface area contributed by atoms with E-state index in [2.05, 4.69) is 11.8 Å². The second kappa shape index (κ2) is 6.23. The molecule has 0 aliphatic carbocycles. The van der Waals surface area contributed by atoms with Gasteiger partial charge in [0.25, 0.3) is 0 Å². The van der Waals surface area contributed by atoms with Gasteiger partial charge in [-0.25, -0.2) is 22.0 Å². The third kappa shape index (κ3) is 3.11. The van der Waals surface area contributed by atoms with Crippen molar-refractivity contribution in [2.75, 3.05) is 0 Å². The van der Waals surface area contributed by atoms with Gasteiger partial charge in [0.2, 0.25) is 5.82 Å². The molecule has 0 spiro atoms. The van der Waals surface area contributed by atoms with E-state index in [0.29, 0.717) is 5.56 Å². The molecule has 2 aromatic rings. The summed E-state index contributed by atoms with van der Waals surface area (Å²) >= 11 is 0. The van der Waals surface area contributed by atoms with Gasteiger partial charge < -0.3 is 0 Å². The number of halogens is 5. The first kappa shape index (κ1) is 14.8. The van der Waals surface area contributed by atoms with E-state index in [9.17, 15) is 22.0 Å². The fraction of sp³-hybridized carbons (Fsp3) is 0. The van der Waals surface area contributed by atoms with Crippen LogP contribution in [0.3, 0.4) is 0 Å². The number of rotatable bonds is 1. The van der Waals surface area contributed by atoms with Gasteiger partial charge in [0.15, 0.2) is 23.3 Å². The van der Waals surface area contributed by atoms with E-state index < -0.39 is 34.6 Å². The second-order valence-corrected chi connectivity index (χ2v) is 3.95. The highest BCUT2D eigenvalue weighted by Gasteiger charge is 2.23. The molecule has 0 aromatic heterocycles. The molecule has 0 atom stereocenters. The molecule has 0 aliphatic rings. The van der Waals surface area contributed by atoms with Crippen LogP contribution in [-0.4, -0.2) is 0 Å². The van der Waals surface area contributed by atoms with E-state index in [0.717, 1.165) is 12.2 Å². The minimum atomic E-state index is -2.18. The molecule has 0 aliphatic heterocycles. The van der Waals surface area contributed by atoms with E-state index in [1.807, 2.05) is 0 Å². The highest BCUT2D eigenvalue weighted by molar-refractivity contribution is 5.55. The molecule has 0 radical (unpaired) electrons. The molecule has 0 bridgehead atoms. The van der Waals surface area contributed by atoms with Gasteiger partial charge in [-0.15, -0.1) is 0 Å². The Balaban J connectivity index is 2.33. The molecule has 21 heavy (non-hydrogen) atoms. The van der Waals surface area contributed by atoms with Crippen LogP contribution in [0, 0.1) is 40.9 Å². The Morgan fingerprint density at radius 2 is 1.24 bits per heavy atom. The Hall–Kier alpha value is -2.61. The summed E-state index contributed by atoms with van der Waals surface area (Å²) in [6, 6.07) is 8.70. The maximum Gasteiger partial charge on any atom is 0.200 e. The summed E-state index contributed by atoms with van der Waals surface area (Å²) in [5, 5.41) is 0. The van der Waals surface area contributed by atoms with Crippen molar-refractivity contribution in [3.8, 4) is 11.8 Å². The van der Waals surface area contributed by atoms with Crippen molar-refractivity contribution in [2.24, 2.45) is 0 Å². The molecule has 106 valence electrons. The lowest BCUT2D eigenvalue weighted by Gasteiger charge is -2.03. The maximum absolute atomic E-state index is 13.3. The standard InChI is InChI=1S/C16H7F5/c17-12-11(13(18)15(20)16(21)14(12)19)9-5-4-8-10-6-2-1-3-7-10/h1-3,5-7,9H/b9-5+. The van der Waals surface area contributed by atoms with Crippen LogP contribution in [-0.2, 0) is 0 Å². The summed E-state index contributed by atoms with van der Waals surface area (Å²) in [6.45, 7) is 0. The zero-order valence-corrected chi connectivity index (χ0v) is 10.4. The van der Waals surface area contributed by atoms with Crippen molar-refractivity contribution in [1.29, 1.82) is 0 Å². The van der Waals surface area contributed by atoms with Gasteiger partial charge >= 0.3 is 0 Å². The highest BCUT2D eigenvalue weighted by Crippen LogP contribution is 2.23. The molecule has 2 aromatic carbocycles. The summed E-state index contributed by atoms with van der Waals surface area (Å²) in [4.78, 5) is 0. The van der Waals surface area contributed by atoms with E-state index in [-0.39, 0.29) is 0 Å². The predicted molar refractivity (Wildman–Crippen MR) is 68.6 cm³/mol. The van der Waals surface area contributed by atoms with E-state index in [4.69, 9.17) is 0 Å². The topological polar surface area (TPSA) is 0 Å². The molecular weight excluding hydrogens is 287 g/mol. The molecular formula is C16H7F5. The fourth-order valence-electron chi connectivity index (χ4n) is 1.54. The third-order valence-electron chi connectivity index (χ3n) is 2.57. The number of allylic oxidation sites excluding steroid dienone is 1. The molecule has 2 rings (SSSR count). The van der Waals surface area contributed by atoms with Crippen LogP contribution >= 0.6 is 0 Å². The Kier molecular flexibility index (Phi) is 4.39. The average molecular weight is 294 g/mol. The normalized spacial score (nSPS) is 10.5. The lowest BCUT2D eigenvalue weighted by Crippen LogP contribution is -2.03. The second-order valence-electron chi connectivity index (χ2n) is 3.95. The summed E-state index contributed by atoms with van der Waals surface area (Å²) in [7, 11) is 0. The summed E-state index contributed by atoms with van der Waals surface area (Å²) in [5.74, 6) is -4.81. The van der Waals surface area contributed by atoms with E-state index >= 15 is 0 Å². The van der Waals surface area contributed by atoms with Gasteiger partial charge in [-0.2, -0.15) is 0 Å². The van der Waals surface area contributed by atoms with Crippen LogP contribution in [0.5, 0.6) is 0 Å². The van der Waals surface area contributed by atoms with Gasteiger partial charge in [-0.3, -0.25) is 0 Å². The average Bonchev–Trinajstić information content (AvgIpc) is 2.51. The first-order valence-electron chi connectivity index (χ1n) is 5.77.